The van der Waals surface area contributed by atoms with Gasteiger partial charge in [-0.25, -0.2) is 0 Å². The van der Waals surface area contributed by atoms with Gasteiger partial charge in [-0.1, -0.05) is 0 Å². The summed E-state index contributed by atoms with van der Waals surface area (Å²) in [6.45, 7) is -0.807. The van der Waals surface area contributed by atoms with Crippen LogP contribution in [0.15, 0.2) is 11.4 Å². The molecule has 1 aromatic rings. The van der Waals surface area contributed by atoms with Gasteiger partial charge in [-0.2, -0.15) is 13.2 Å². The number of fused-ring (bicyclic) bond motifs is 1. The van der Waals surface area contributed by atoms with E-state index in [2.05, 4.69) is 5.32 Å². The van der Waals surface area contributed by atoms with Crippen molar-refractivity contribution in [1.29, 1.82) is 0 Å². The van der Waals surface area contributed by atoms with Gasteiger partial charge in [0.25, 0.3) is 0 Å². The highest BCUT2D eigenvalue weighted by Gasteiger charge is 2.39. The van der Waals surface area contributed by atoms with Gasteiger partial charge in [-0.05, 0) is 29.2 Å². The second-order valence-corrected chi connectivity index (χ2v) is 6.32. The maximum atomic E-state index is 12.1. The van der Waals surface area contributed by atoms with Gasteiger partial charge in [0.1, 0.15) is 5.25 Å². The number of thioether (sulfide) groups is 1. The molecule has 0 aromatic carbocycles. The number of amides is 1. The first-order valence-electron chi connectivity index (χ1n) is 5.60. The Labute approximate surface area is 116 Å². The molecule has 1 aromatic heterocycles. The van der Waals surface area contributed by atoms with Crippen molar-refractivity contribution in [2.45, 2.75) is 24.0 Å². The van der Waals surface area contributed by atoms with Gasteiger partial charge >= 0.3 is 6.18 Å². The first-order chi connectivity index (χ1) is 8.89. The van der Waals surface area contributed by atoms with Crippen LogP contribution in [0, 0.1) is 0 Å². The fourth-order valence-electron chi connectivity index (χ4n) is 1.77. The average Bonchev–Trinajstić information content (AvgIpc) is 2.82. The van der Waals surface area contributed by atoms with Gasteiger partial charge in [-0.3, -0.25) is 4.79 Å². The molecule has 1 amide bonds. The van der Waals surface area contributed by atoms with Crippen molar-refractivity contribution in [2.75, 3.05) is 12.3 Å². The molecule has 1 aliphatic heterocycles. The number of carbonyl (C=O) groups is 1. The number of hydrogen-bond donors (Lipinski definition) is 2. The molecule has 2 atom stereocenters. The van der Waals surface area contributed by atoms with Crippen LogP contribution in [-0.4, -0.2) is 35.6 Å². The first kappa shape index (κ1) is 14.7. The zero-order valence-corrected chi connectivity index (χ0v) is 11.4. The zero-order valence-electron chi connectivity index (χ0n) is 9.74. The van der Waals surface area contributed by atoms with Gasteiger partial charge in [0.15, 0.2) is 6.10 Å². The molecule has 0 fully saturated rings. The molecule has 2 heterocycles. The Kier molecular flexibility index (Phi) is 4.42. The summed E-state index contributed by atoms with van der Waals surface area (Å²) in [5.41, 5.74) is 0.875. The van der Waals surface area contributed by atoms with Gasteiger partial charge in [-0.15, -0.1) is 23.1 Å². The molecule has 1 aliphatic rings. The van der Waals surface area contributed by atoms with Crippen LogP contribution >= 0.6 is 23.1 Å². The molecule has 0 bridgehead atoms. The third-order valence-electron chi connectivity index (χ3n) is 2.76. The summed E-state index contributed by atoms with van der Waals surface area (Å²) in [5, 5.41) is 12.4. The molecular weight excluding hydrogens is 299 g/mol. The summed E-state index contributed by atoms with van der Waals surface area (Å²) in [5.74, 6) is 0.292. The number of rotatable bonds is 3. The minimum absolute atomic E-state index is 0.476. The Morgan fingerprint density at radius 1 is 1.58 bits per heavy atom. The molecule has 106 valence electrons. The standard InChI is InChI=1S/C11H12F3NO2S2/c12-11(13,14)8(16)5-15-10(17)9-6-1-3-18-7(6)2-4-19-9/h1,3,8-9,16H,2,4-5H2,(H,15,17). The summed E-state index contributed by atoms with van der Waals surface area (Å²) >= 11 is 2.96. The summed E-state index contributed by atoms with van der Waals surface area (Å²) < 4.78 is 36.4. The highest BCUT2D eigenvalue weighted by Crippen LogP contribution is 2.39. The summed E-state index contributed by atoms with van der Waals surface area (Å²) in [4.78, 5) is 13.0. The molecule has 3 nitrogen and oxygen atoms in total. The molecule has 0 saturated heterocycles. The Morgan fingerprint density at radius 3 is 3.00 bits per heavy atom. The van der Waals surface area contributed by atoms with E-state index in [9.17, 15) is 18.0 Å². The van der Waals surface area contributed by atoms with Crippen LogP contribution in [0.1, 0.15) is 15.7 Å². The highest BCUT2D eigenvalue weighted by atomic mass is 32.2. The molecular formula is C11H12F3NO2S2. The molecule has 0 aliphatic carbocycles. The van der Waals surface area contributed by atoms with Gasteiger partial charge in [0.05, 0.1) is 6.54 Å². The van der Waals surface area contributed by atoms with E-state index < -0.39 is 30.0 Å². The van der Waals surface area contributed by atoms with Crippen LogP contribution in [0.5, 0.6) is 0 Å². The molecule has 8 heteroatoms. The molecule has 0 radical (unpaired) electrons. The molecule has 2 N–H and O–H groups in total. The lowest BCUT2D eigenvalue weighted by molar-refractivity contribution is -0.201. The number of hydrogen-bond acceptors (Lipinski definition) is 4. The largest absolute Gasteiger partial charge is 0.416 e. The number of thiophene rings is 1. The van der Waals surface area contributed by atoms with E-state index in [0.717, 1.165) is 22.6 Å². The van der Waals surface area contributed by atoms with Crippen LogP contribution in [0.2, 0.25) is 0 Å². The Hall–Kier alpha value is -0.730. The van der Waals surface area contributed by atoms with Crippen LogP contribution in [0.3, 0.4) is 0 Å². The average molecular weight is 311 g/mol. The Morgan fingerprint density at radius 2 is 2.32 bits per heavy atom. The van der Waals surface area contributed by atoms with Crippen molar-refractivity contribution < 1.29 is 23.1 Å². The SMILES string of the molecule is O=C(NCC(O)C(F)(F)F)C1SCCc2sccc21. The van der Waals surface area contributed by atoms with E-state index in [4.69, 9.17) is 5.11 Å². The molecule has 19 heavy (non-hydrogen) atoms. The second kappa shape index (κ2) is 5.72. The predicted octanol–water partition coefficient (Wildman–Crippen LogP) is 2.12. The van der Waals surface area contributed by atoms with E-state index >= 15 is 0 Å². The topological polar surface area (TPSA) is 49.3 Å². The van der Waals surface area contributed by atoms with Crippen molar-refractivity contribution in [3.8, 4) is 0 Å². The third-order valence-corrected chi connectivity index (χ3v) is 5.00. The molecule has 0 spiro atoms. The van der Waals surface area contributed by atoms with E-state index in [-0.39, 0.29) is 0 Å². The fourth-order valence-corrected chi connectivity index (χ4v) is 4.09. The lowest BCUT2D eigenvalue weighted by Crippen LogP contribution is -2.42. The maximum absolute atomic E-state index is 12.1. The molecule has 2 unspecified atom stereocenters. The lowest BCUT2D eigenvalue weighted by Gasteiger charge is -2.22. The van der Waals surface area contributed by atoms with E-state index in [1.807, 2.05) is 11.4 Å². The van der Waals surface area contributed by atoms with Crippen LogP contribution in [0.25, 0.3) is 0 Å². The first-order valence-corrected chi connectivity index (χ1v) is 7.53. The third kappa shape index (κ3) is 3.43. The number of carbonyl (C=O) groups excluding carboxylic acids is 1. The summed E-state index contributed by atoms with van der Waals surface area (Å²) in [6, 6.07) is 1.83. The van der Waals surface area contributed by atoms with Crippen molar-refractivity contribution >= 4 is 29.0 Å². The van der Waals surface area contributed by atoms with Crippen molar-refractivity contribution in [1.82, 2.24) is 5.32 Å². The zero-order chi connectivity index (χ0) is 14.0. The minimum atomic E-state index is -4.71. The Bertz CT molecular complexity index is 461. The quantitative estimate of drug-likeness (QED) is 0.899. The van der Waals surface area contributed by atoms with Gasteiger partial charge in [0.2, 0.25) is 5.91 Å². The van der Waals surface area contributed by atoms with Crippen molar-refractivity contribution in [3.63, 3.8) is 0 Å². The number of aryl methyl sites for hydroxylation is 1. The van der Waals surface area contributed by atoms with E-state index in [1.54, 1.807) is 11.3 Å². The predicted molar refractivity (Wildman–Crippen MR) is 68.3 cm³/mol. The molecule has 0 saturated carbocycles. The van der Waals surface area contributed by atoms with E-state index in [0.29, 0.717) is 0 Å². The minimum Gasteiger partial charge on any atom is -0.382 e. The van der Waals surface area contributed by atoms with Crippen molar-refractivity contribution in [2.24, 2.45) is 0 Å². The second-order valence-electron chi connectivity index (χ2n) is 4.10. The van der Waals surface area contributed by atoms with Gasteiger partial charge < -0.3 is 10.4 Å². The summed E-state index contributed by atoms with van der Waals surface area (Å²) in [7, 11) is 0. The lowest BCUT2D eigenvalue weighted by atomic mass is 10.1. The fraction of sp³-hybridized carbons (Fsp3) is 0.545. The molecule has 2 rings (SSSR count). The van der Waals surface area contributed by atoms with Crippen LogP contribution in [-0.2, 0) is 11.2 Å². The van der Waals surface area contributed by atoms with Crippen LogP contribution < -0.4 is 5.32 Å². The number of aliphatic hydroxyl groups is 1. The monoisotopic (exact) mass is 311 g/mol. The van der Waals surface area contributed by atoms with Crippen LogP contribution in [0.4, 0.5) is 13.2 Å². The number of alkyl halides is 3. The van der Waals surface area contributed by atoms with Gasteiger partial charge in [0, 0.05) is 4.88 Å². The van der Waals surface area contributed by atoms with Crippen molar-refractivity contribution in [3.05, 3.63) is 21.9 Å². The van der Waals surface area contributed by atoms with E-state index in [1.165, 1.54) is 11.8 Å². The summed E-state index contributed by atoms with van der Waals surface area (Å²) in [6.07, 6.45) is -6.35. The smallest absolute Gasteiger partial charge is 0.382 e. The Balaban J connectivity index is 1.95. The number of aliphatic hydroxyl groups excluding tert-OH is 1. The number of nitrogens with one attached hydrogen (secondary N) is 1. The maximum Gasteiger partial charge on any atom is 0.416 e. The normalized spacial score (nSPS) is 20.7. The highest BCUT2D eigenvalue weighted by molar-refractivity contribution is 8.00. The number of halogens is 3.